The smallest absolute Gasteiger partial charge is 0.164 e. The van der Waals surface area contributed by atoms with E-state index in [4.69, 9.17) is 4.99 Å². The van der Waals surface area contributed by atoms with E-state index in [2.05, 4.69) is 45.1 Å². The zero-order chi connectivity index (χ0) is 14.8. The molecule has 4 rings (SSSR count). The van der Waals surface area contributed by atoms with Crippen LogP contribution in [0.2, 0.25) is 0 Å². The van der Waals surface area contributed by atoms with Crippen LogP contribution in [0.1, 0.15) is 5.56 Å². The summed E-state index contributed by atoms with van der Waals surface area (Å²) in [6.45, 7) is 4.01. The van der Waals surface area contributed by atoms with Gasteiger partial charge in [-0.25, -0.2) is 9.98 Å². The standard InChI is InChI=1S/C17H18N4S/c1-2-6-15-14(5-1)13-22-17(19-15)21-11-9-20(10-12-21)16-7-3-4-8-18-16/h1-8H,9-13H2. The maximum absolute atomic E-state index is 4.84. The van der Waals surface area contributed by atoms with E-state index >= 15 is 0 Å². The molecule has 0 unspecified atom stereocenters. The lowest BCUT2D eigenvalue weighted by Crippen LogP contribution is -2.48. The number of rotatable bonds is 1. The van der Waals surface area contributed by atoms with Crippen molar-refractivity contribution >= 4 is 28.4 Å². The number of benzene rings is 1. The van der Waals surface area contributed by atoms with Gasteiger partial charge < -0.3 is 9.80 Å². The van der Waals surface area contributed by atoms with Crippen molar-refractivity contribution < 1.29 is 0 Å². The minimum absolute atomic E-state index is 0.998. The second kappa shape index (κ2) is 6.01. The monoisotopic (exact) mass is 310 g/mol. The van der Waals surface area contributed by atoms with Gasteiger partial charge in [0, 0.05) is 38.1 Å². The Morgan fingerprint density at radius 1 is 0.864 bits per heavy atom. The van der Waals surface area contributed by atoms with E-state index in [0.29, 0.717) is 0 Å². The van der Waals surface area contributed by atoms with Crippen molar-refractivity contribution in [3.8, 4) is 0 Å². The van der Waals surface area contributed by atoms with Crippen molar-refractivity contribution in [3.05, 3.63) is 54.2 Å². The molecular weight excluding hydrogens is 292 g/mol. The van der Waals surface area contributed by atoms with Crippen LogP contribution < -0.4 is 4.90 Å². The topological polar surface area (TPSA) is 31.7 Å². The minimum atomic E-state index is 0.998. The van der Waals surface area contributed by atoms with Crippen LogP contribution in [0.3, 0.4) is 0 Å². The van der Waals surface area contributed by atoms with Crippen molar-refractivity contribution in [3.63, 3.8) is 0 Å². The van der Waals surface area contributed by atoms with Crippen molar-refractivity contribution in [1.82, 2.24) is 9.88 Å². The van der Waals surface area contributed by atoms with Crippen LogP contribution in [-0.2, 0) is 5.75 Å². The van der Waals surface area contributed by atoms with Crippen LogP contribution in [0.4, 0.5) is 11.5 Å². The van der Waals surface area contributed by atoms with Gasteiger partial charge in [0.15, 0.2) is 5.17 Å². The molecule has 1 aromatic carbocycles. The quantitative estimate of drug-likeness (QED) is 0.810. The highest BCUT2D eigenvalue weighted by atomic mass is 32.2. The summed E-state index contributed by atoms with van der Waals surface area (Å²) >= 11 is 1.85. The number of aromatic nitrogens is 1. The Bertz CT molecular complexity index is 678. The molecule has 0 saturated carbocycles. The van der Waals surface area contributed by atoms with Crippen LogP contribution in [-0.4, -0.2) is 41.2 Å². The summed E-state index contributed by atoms with van der Waals surface area (Å²) in [6.07, 6.45) is 1.86. The minimum Gasteiger partial charge on any atom is -0.353 e. The molecule has 112 valence electrons. The molecule has 0 N–H and O–H groups in total. The summed E-state index contributed by atoms with van der Waals surface area (Å²) in [5.41, 5.74) is 2.46. The van der Waals surface area contributed by atoms with Gasteiger partial charge in [0.25, 0.3) is 0 Å². The lowest BCUT2D eigenvalue weighted by Gasteiger charge is -2.37. The van der Waals surface area contributed by atoms with E-state index in [1.165, 1.54) is 10.7 Å². The number of anilines is 1. The average molecular weight is 310 g/mol. The molecule has 0 bridgehead atoms. The molecule has 0 spiro atoms. The molecule has 2 aliphatic rings. The molecule has 1 fully saturated rings. The summed E-state index contributed by atoms with van der Waals surface area (Å²) < 4.78 is 0. The van der Waals surface area contributed by atoms with Gasteiger partial charge in [0.1, 0.15) is 5.82 Å². The van der Waals surface area contributed by atoms with E-state index in [-0.39, 0.29) is 0 Å². The largest absolute Gasteiger partial charge is 0.353 e. The van der Waals surface area contributed by atoms with Crippen molar-refractivity contribution in [2.45, 2.75) is 5.75 Å². The molecule has 2 aromatic rings. The van der Waals surface area contributed by atoms with E-state index in [0.717, 1.165) is 43.4 Å². The summed E-state index contributed by atoms with van der Waals surface area (Å²) in [5, 5.41) is 1.17. The molecule has 1 aromatic heterocycles. The second-order valence-corrected chi connectivity index (χ2v) is 6.42. The molecule has 0 radical (unpaired) electrons. The van der Waals surface area contributed by atoms with Crippen molar-refractivity contribution in [2.24, 2.45) is 4.99 Å². The first-order valence-electron chi connectivity index (χ1n) is 7.60. The molecule has 22 heavy (non-hydrogen) atoms. The van der Waals surface area contributed by atoms with Gasteiger partial charge in [0.05, 0.1) is 5.69 Å². The molecule has 2 aliphatic heterocycles. The number of hydrogen-bond acceptors (Lipinski definition) is 5. The maximum atomic E-state index is 4.84. The summed E-state index contributed by atoms with van der Waals surface area (Å²) in [5.74, 6) is 2.10. The third kappa shape index (κ3) is 2.68. The fourth-order valence-corrected chi connectivity index (χ4v) is 3.91. The number of hydrogen-bond donors (Lipinski definition) is 0. The first kappa shape index (κ1) is 13.6. The third-order valence-electron chi connectivity index (χ3n) is 4.09. The van der Waals surface area contributed by atoms with Crippen LogP contribution in [0.5, 0.6) is 0 Å². The second-order valence-electron chi connectivity index (χ2n) is 5.47. The Hall–Kier alpha value is -2.01. The van der Waals surface area contributed by atoms with E-state index in [1.54, 1.807) is 0 Å². The van der Waals surface area contributed by atoms with E-state index < -0.39 is 0 Å². The maximum Gasteiger partial charge on any atom is 0.164 e. The number of piperazine rings is 1. The predicted octanol–water partition coefficient (Wildman–Crippen LogP) is 3.14. The molecule has 0 aliphatic carbocycles. The van der Waals surface area contributed by atoms with Crippen molar-refractivity contribution in [2.75, 3.05) is 31.1 Å². The summed E-state index contributed by atoms with van der Waals surface area (Å²) in [7, 11) is 0. The average Bonchev–Trinajstić information content (AvgIpc) is 2.62. The predicted molar refractivity (Wildman–Crippen MR) is 92.9 cm³/mol. The number of thioether (sulfide) groups is 1. The zero-order valence-corrected chi connectivity index (χ0v) is 13.2. The number of pyridine rings is 1. The Kier molecular flexibility index (Phi) is 3.72. The molecule has 3 heterocycles. The molecule has 0 atom stereocenters. The lowest BCUT2D eigenvalue weighted by atomic mass is 10.2. The summed E-state index contributed by atoms with van der Waals surface area (Å²) in [4.78, 5) is 14.0. The number of para-hydroxylation sites is 1. The van der Waals surface area contributed by atoms with Gasteiger partial charge in [-0.05, 0) is 23.8 Å². The molecule has 1 saturated heterocycles. The SMILES string of the molecule is c1ccc(N2CCN(C3=Nc4ccccc4CS3)CC2)nc1. The molecule has 5 heteroatoms. The Balaban J connectivity index is 1.45. The normalized spacial score (nSPS) is 17.9. The van der Waals surface area contributed by atoms with Gasteiger partial charge in [-0.3, -0.25) is 0 Å². The Morgan fingerprint density at radius 2 is 1.64 bits per heavy atom. The van der Waals surface area contributed by atoms with Crippen LogP contribution in [0, 0.1) is 0 Å². The van der Waals surface area contributed by atoms with E-state index in [1.807, 2.05) is 30.1 Å². The fraction of sp³-hybridized carbons (Fsp3) is 0.294. The highest BCUT2D eigenvalue weighted by Crippen LogP contribution is 2.32. The van der Waals surface area contributed by atoms with Gasteiger partial charge in [0.2, 0.25) is 0 Å². The number of amidine groups is 1. The highest BCUT2D eigenvalue weighted by Gasteiger charge is 2.23. The van der Waals surface area contributed by atoms with Gasteiger partial charge in [-0.1, -0.05) is 36.0 Å². The van der Waals surface area contributed by atoms with Crippen molar-refractivity contribution in [1.29, 1.82) is 0 Å². The van der Waals surface area contributed by atoms with Crippen LogP contribution >= 0.6 is 11.8 Å². The molecule has 0 amide bonds. The highest BCUT2D eigenvalue weighted by molar-refractivity contribution is 8.13. The summed E-state index contributed by atoms with van der Waals surface area (Å²) in [6, 6.07) is 14.5. The number of aliphatic imine (C=N–C) groups is 1. The first-order valence-corrected chi connectivity index (χ1v) is 8.59. The lowest BCUT2D eigenvalue weighted by molar-refractivity contribution is 0.391. The van der Waals surface area contributed by atoms with E-state index in [9.17, 15) is 0 Å². The zero-order valence-electron chi connectivity index (χ0n) is 12.4. The number of fused-ring (bicyclic) bond motifs is 1. The molecule has 4 nitrogen and oxygen atoms in total. The Morgan fingerprint density at radius 3 is 2.45 bits per heavy atom. The van der Waals surface area contributed by atoms with Gasteiger partial charge in [-0.15, -0.1) is 0 Å². The fourth-order valence-electron chi connectivity index (χ4n) is 2.85. The van der Waals surface area contributed by atoms with Crippen LogP contribution in [0.25, 0.3) is 0 Å². The molecular formula is C17H18N4S. The Labute approximate surface area is 134 Å². The third-order valence-corrected chi connectivity index (χ3v) is 5.15. The van der Waals surface area contributed by atoms with Gasteiger partial charge >= 0.3 is 0 Å². The van der Waals surface area contributed by atoms with Gasteiger partial charge in [-0.2, -0.15) is 0 Å². The van der Waals surface area contributed by atoms with Crippen LogP contribution in [0.15, 0.2) is 53.7 Å². The first-order chi connectivity index (χ1) is 10.9. The number of nitrogens with zero attached hydrogens (tertiary/aromatic N) is 4.